The fourth-order valence-corrected chi connectivity index (χ4v) is 2.56. The number of alkyl halides is 3. The highest BCUT2D eigenvalue weighted by atomic mass is 19.4. The summed E-state index contributed by atoms with van der Waals surface area (Å²) in [5, 5.41) is 14.3. The molecule has 7 nitrogen and oxygen atoms in total. The number of hydrogen-bond acceptors (Lipinski definition) is 5. The largest absolute Gasteiger partial charge is 0.494 e. The summed E-state index contributed by atoms with van der Waals surface area (Å²) in [6.45, 7) is 2.44. The molecule has 0 saturated carbocycles. The summed E-state index contributed by atoms with van der Waals surface area (Å²) in [4.78, 5) is 13.2. The molecule has 0 saturated heterocycles. The predicted molar refractivity (Wildman–Crippen MR) is 104 cm³/mol. The lowest BCUT2D eigenvalue weighted by Gasteiger charge is -2.09. The van der Waals surface area contributed by atoms with Crippen LogP contribution in [0.1, 0.15) is 25.3 Å². The molecule has 10 heteroatoms. The Kier molecular flexibility index (Phi) is 6.65. The maximum atomic E-state index is 12.8. The number of anilines is 1. The first-order valence-electron chi connectivity index (χ1n) is 9.33. The molecule has 2 aromatic carbocycles. The molecule has 1 N–H and O–H groups in total. The van der Waals surface area contributed by atoms with Crippen molar-refractivity contribution in [1.82, 2.24) is 20.2 Å². The number of rotatable bonds is 8. The molecule has 0 fully saturated rings. The van der Waals surface area contributed by atoms with Gasteiger partial charge in [0.25, 0.3) is 0 Å². The number of nitrogens with zero attached hydrogens (tertiary/aromatic N) is 4. The smallest absolute Gasteiger partial charge is 0.416 e. The summed E-state index contributed by atoms with van der Waals surface area (Å²) >= 11 is 0. The molecular formula is C20H20F3N5O2. The normalized spacial score (nSPS) is 11.3. The van der Waals surface area contributed by atoms with E-state index in [9.17, 15) is 18.0 Å². The summed E-state index contributed by atoms with van der Waals surface area (Å²) in [6.07, 6.45) is -2.47. The van der Waals surface area contributed by atoms with Crippen LogP contribution in [0.15, 0.2) is 48.5 Å². The number of aromatic nitrogens is 4. The van der Waals surface area contributed by atoms with Gasteiger partial charge >= 0.3 is 6.18 Å². The number of tetrazole rings is 1. The molecule has 0 spiro atoms. The van der Waals surface area contributed by atoms with Gasteiger partial charge in [-0.15, -0.1) is 10.2 Å². The van der Waals surface area contributed by atoms with Gasteiger partial charge in [0.05, 0.1) is 12.2 Å². The lowest BCUT2D eigenvalue weighted by atomic mass is 10.2. The number of carbonyl (C=O) groups excluding carboxylic acids is 1. The van der Waals surface area contributed by atoms with E-state index in [0.29, 0.717) is 18.0 Å². The standard InChI is InChI=1S/C20H20F3N5O2/c1-2-3-11-30-17-9-7-14(8-10-17)19-25-27-28(26-19)13-18(29)24-16-6-4-5-15(12-16)20(21,22)23/h4-10,12H,2-3,11,13H2,1H3,(H,24,29). The van der Waals surface area contributed by atoms with Crippen molar-refractivity contribution in [1.29, 1.82) is 0 Å². The lowest BCUT2D eigenvalue weighted by Crippen LogP contribution is -2.20. The third kappa shape index (κ3) is 5.79. The molecule has 3 rings (SSSR count). The van der Waals surface area contributed by atoms with E-state index in [-0.39, 0.29) is 12.2 Å². The summed E-state index contributed by atoms with van der Waals surface area (Å²) in [6, 6.07) is 11.6. The second-order valence-electron chi connectivity index (χ2n) is 6.50. The van der Waals surface area contributed by atoms with Crippen molar-refractivity contribution in [3.63, 3.8) is 0 Å². The Morgan fingerprint density at radius 3 is 2.63 bits per heavy atom. The Morgan fingerprint density at radius 2 is 1.93 bits per heavy atom. The van der Waals surface area contributed by atoms with E-state index in [0.717, 1.165) is 35.5 Å². The summed E-state index contributed by atoms with van der Waals surface area (Å²) in [5.74, 6) is 0.486. The number of carbonyl (C=O) groups is 1. The van der Waals surface area contributed by atoms with Crippen LogP contribution in [-0.2, 0) is 17.5 Å². The molecule has 0 aliphatic heterocycles. The van der Waals surface area contributed by atoms with Crippen molar-refractivity contribution in [3.8, 4) is 17.1 Å². The first-order valence-corrected chi connectivity index (χ1v) is 9.33. The Morgan fingerprint density at radius 1 is 1.17 bits per heavy atom. The zero-order valence-corrected chi connectivity index (χ0v) is 16.2. The highest BCUT2D eigenvalue weighted by Gasteiger charge is 2.30. The summed E-state index contributed by atoms with van der Waals surface area (Å²) in [5.41, 5.74) is -0.111. The van der Waals surface area contributed by atoms with Gasteiger partial charge in [-0.05, 0) is 54.1 Å². The van der Waals surface area contributed by atoms with Gasteiger partial charge in [0.15, 0.2) is 0 Å². The molecule has 3 aromatic rings. The van der Waals surface area contributed by atoms with Crippen LogP contribution in [0, 0.1) is 0 Å². The molecule has 1 amide bonds. The van der Waals surface area contributed by atoms with Crippen molar-refractivity contribution in [2.45, 2.75) is 32.5 Å². The number of nitrogens with one attached hydrogen (secondary N) is 1. The minimum atomic E-state index is -4.49. The zero-order valence-electron chi connectivity index (χ0n) is 16.2. The number of hydrogen-bond donors (Lipinski definition) is 1. The predicted octanol–water partition coefficient (Wildman–Crippen LogP) is 4.18. The van der Waals surface area contributed by atoms with Crippen molar-refractivity contribution in [3.05, 3.63) is 54.1 Å². The summed E-state index contributed by atoms with van der Waals surface area (Å²) < 4.78 is 43.9. The van der Waals surface area contributed by atoms with Crippen LogP contribution in [-0.4, -0.2) is 32.7 Å². The second-order valence-corrected chi connectivity index (χ2v) is 6.50. The lowest BCUT2D eigenvalue weighted by molar-refractivity contribution is -0.137. The molecule has 0 unspecified atom stereocenters. The Labute approximate surface area is 170 Å². The van der Waals surface area contributed by atoms with Gasteiger partial charge in [0.1, 0.15) is 12.3 Å². The maximum Gasteiger partial charge on any atom is 0.416 e. The van der Waals surface area contributed by atoms with Gasteiger partial charge < -0.3 is 10.1 Å². The number of benzene rings is 2. The highest BCUT2D eigenvalue weighted by Crippen LogP contribution is 2.30. The first kappa shape index (κ1) is 21.3. The van der Waals surface area contributed by atoms with Crippen LogP contribution >= 0.6 is 0 Å². The molecule has 0 radical (unpaired) electrons. The maximum absolute atomic E-state index is 12.8. The fraction of sp³-hybridized carbons (Fsp3) is 0.300. The van der Waals surface area contributed by atoms with E-state index in [1.807, 2.05) is 0 Å². The van der Waals surface area contributed by atoms with Crippen LogP contribution in [0.3, 0.4) is 0 Å². The third-order valence-electron chi connectivity index (χ3n) is 4.09. The van der Waals surface area contributed by atoms with Gasteiger partial charge in [0, 0.05) is 11.3 Å². The van der Waals surface area contributed by atoms with Crippen molar-refractivity contribution in [2.75, 3.05) is 11.9 Å². The number of amides is 1. The van der Waals surface area contributed by atoms with E-state index < -0.39 is 17.6 Å². The average Bonchev–Trinajstić information content (AvgIpc) is 3.16. The Bertz CT molecular complexity index is 987. The topological polar surface area (TPSA) is 81.9 Å². The molecule has 0 aliphatic rings. The van der Waals surface area contributed by atoms with Gasteiger partial charge in [-0.2, -0.15) is 18.0 Å². The van der Waals surface area contributed by atoms with Gasteiger partial charge in [-0.25, -0.2) is 0 Å². The molecule has 1 aromatic heterocycles. The molecule has 1 heterocycles. The minimum Gasteiger partial charge on any atom is -0.494 e. The number of ether oxygens (including phenoxy) is 1. The highest BCUT2D eigenvalue weighted by molar-refractivity contribution is 5.90. The SMILES string of the molecule is CCCCOc1ccc(-c2nnn(CC(=O)Nc3cccc(C(F)(F)F)c3)n2)cc1. The minimum absolute atomic E-state index is 0.0359. The number of halogens is 3. The zero-order chi connectivity index (χ0) is 21.6. The van der Waals surface area contributed by atoms with Crippen LogP contribution in [0.4, 0.5) is 18.9 Å². The molecular weight excluding hydrogens is 399 g/mol. The van der Waals surface area contributed by atoms with Crippen LogP contribution in [0.25, 0.3) is 11.4 Å². The van der Waals surface area contributed by atoms with E-state index in [1.165, 1.54) is 12.1 Å². The average molecular weight is 419 g/mol. The van der Waals surface area contributed by atoms with Crippen LogP contribution in [0.2, 0.25) is 0 Å². The van der Waals surface area contributed by atoms with E-state index in [1.54, 1.807) is 24.3 Å². The second kappa shape index (κ2) is 9.38. The monoisotopic (exact) mass is 419 g/mol. The first-order chi connectivity index (χ1) is 14.3. The Balaban J connectivity index is 1.59. The quantitative estimate of drug-likeness (QED) is 0.554. The van der Waals surface area contributed by atoms with Crippen LogP contribution in [0.5, 0.6) is 5.75 Å². The molecule has 30 heavy (non-hydrogen) atoms. The van der Waals surface area contributed by atoms with Gasteiger partial charge in [-0.3, -0.25) is 4.79 Å². The molecule has 0 atom stereocenters. The van der Waals surface area contributed by atoms with E-state index in [4.69, 9.17) is 4.74 Å². The molecule has 0 bridgehead atoms. The van der Waals surface area contributed by atoms with Crippen molar-refractivity contribution in [2.24, 2.45) is 0 Å². The summed E-state index contributed by atoms with van der Waals surface area (Å²) in [7, 11) is 0. The van der Waals surface area contributed by atoms with Crippen LogP contribution < -0.4 is 10.1 Å². The molecule has 158 valence electrons. The third-order valence-corrected chi connectivity index (χ3v) is 4.09. The fourth-order valence-electron chi connectivity index (χ4n) is 2.56. The van der Waals surface area contributed by atoms with Crippen molar-refractivity contribution >= 4 is 11.6 Å². The number of unbranched alkanes of at least 4 members (excludes halogenated alkanes) is 1. The molecule has 0 aliphatic carbocycles. The van der Waals surface area contributed by atoms with E-state index >= 15 is 0 Å². The van der Waals surface area contributed by atoms with Gasteiger partial charge in [-0.1, -0.05) is 19.4 Å². The van der Waals surface area contributed by atoms with E-state index in [2.05, 4.69) is 27.7 Å². The Hall–Kier alpha value is -3.43. The van der Waals surface area contributed by atoms with Gasteiger partial charge in [0.2, 0.25) is 11.7 Å². The van der Waals surface area contributed by atoms with Crippen molar-refractivity contribution < 1.29 is 22.7 Å².